The monoisotopic (exact) mass is 321 g/mol. The third kappa shape index (κ3) is 4.00. The van der Waals surface area contributed by atoms with Crippen LogP contribution in [0.3, 0.4) is 0 Å². The van der Waals surface area contributed by atoms with Gasteiger partial charge in [-0.3, -0.25) is 4.79 Å². The van der Waals surface area contributed by atoms with Gasteiger partial charge in [0.1, 0.15) is 5.82 Å². The van der Waals surface area contributed by atoms with Gasteiger partial charge in [0, 0.05) is 18.2 Å². The Morgan fingerprint density at radius 3 is 2.43 bits per heavy atom. The number of nitrogens with two attached hydrogens (primary N) is 1. The van der Waals surface area contributed by atoms with Crippen LogP contribution >= 0.6 is 11.6 Å². The summed E-state index contributed by atoms with van der Waals surface area (Å²) in [6.45, 7) is 0. The highest BCUT2D eigenvalue weighted by Crippen LogP contribution is 2.33. The maximum absolute atomic E-state index is 12.5. The zero-order chi connectivity index (χ0) is 15.6. The number of amides is 1. The van der Waals surface area contributed by atoms with Crippen LogP contribution in [0.15, 0.2) is 12.3 Å². The summed E-state index contributed by atoms with van der Waals surface area (Å²) >= 11 is 5.83. The maximum Gasteiger partial charge on any atom is 0.417 e. The van der Waals surface area contributed by atoms with Crippen LogP contribution in [0.25, 0.3) is 0 Å². The van der Waals surface area contributed by atoms with Crippen molar-refractivity contribution >= 4 is 23.3 Å². The van der Waals surface area contributed by atoms with E-state index >= 15 is 0 Å². The Bertz CT molecular complexity index is 528. The molecule has 116 valence electrons. The van der Waals surface area contributed by atoms with Crippen LogP contribution in [0.2, 0.25) is 5.02 Å². The standard InChI is InChI=1S/C13H15ClF3N3O/c14-10-5-8(13(15,16)17)6-19-12(10)20-9-3-1-7(2-4-9)11(18)21/h5-7,9H,1-4H2,(H2,18,21)(H,19,20). The van der Waals surface area contributed by atoms with E-state index in [0.29, 0.717) is 25.7 Å². The number of carbonyl (C=O) groups is 1. The van der Waals surface area contributed by atoms with Crippen molar-refractivity contribution < 1.29 is 18.0 Å². The van der Waals surface area contributed by atoms with E-state index in [2.05, 4.69) is 10.3 Å². The highest BCUT2D eigenvalue weighted by atomic mass is 35.5. The van der Waals surface area contributed by atoms with Crippen molar-refractivity contribution in [1.82, 2.24) is 4.98 Å². The fourth-order valence-corrected chi connectivity index (χ4v) is 2.64. The SMILES string of the molecule is NC(=O)C1CCC(Nc2ncc(C(F)(F)F)cc2Cl)CC1. The summed E-state index contributed by atoms with van der Waals surface area (Å²) in [6.07, 6.45) is -0.992. The number of hydrogen-bond donors (Lipinski definition) is 2. The lowest BCUT2D eigenvalue weighted by Gasteiger charge is -2.28. The van der Waals surface area contributed by atoms with Crippen molar-refractivity contribution in [3.63, 3.8) is 0 Å². The Balaban J connectivity index is 2.00. The predicted octanol–water partition coefficient (Wildman–Crippen LogP) is 3.21. The molecule has 0 unspecified atom stereocenters. The zero-order valence-electron chi connectivity index (χ0n) is 11.1. The van der Waals surface area contributed by atoms with E-state index in [1.807, 2.05) is 0 Å². The molecule has 1 fully saturated rings. The first kappa shape index (κ1) is 15.9. The summed E-state index contributed by atoms with van der Waals surface area (Å²) in [4.78, 5) is 14.8. The average molecular weight is 322 g/mol. The lowest BCUT2D eigenvalue weighted by molar-refractivity contribution is -0.137. The highest BCUT2D eigenvalue weighted by Gasteiger charge is 2.32. The summed E-state index contributed by atoms with van der Waals surface area (Å²) in [7, 11) is 0. The molecule has 2 rings (SSSR count). The Labute approximate surface area is 124 Å². The average Bonchev–Trinajstić information content (AvgIpc) is 2.40. The van der Waals surface area contributed by atoms with Gasteiger partial charge in [0.05, 0.1) is 10.6 Å². The van der Waals surface area contributed by atoms with Crippen LogP contribution in [-0.2, 0) is 11.0 Å². The van der Waals surface area contributed by atoms with Gasteiger partial charge < -0.3 is 11.1 Å². The Morgan fingerprint density at radius 1 is 1.33 bits per heavy atom. The van der Waals surface area contributed by atoms with Crippen LogP contribution in [0.4, 0.5) is 19.0 Å². The first-order valence-electron chi connectivity index (χ1n) is 6.56. The molecule has 0 spiro atoms. The van der Waals surface area contributed by atoms with E-state index in [-0.39, 0.29) is 28.7 Å². The van der Waals surface area contributed by atoms with Gasteiger partial charge in [-0.1, -0.05) is 11.6 Å². The molecular formula is C13H15ClF3N3O. The summed E-state index contributed by atoms with van der Waals surface area (Å²) in [6, 6.07) is 0.883. The van der Waals surface area contributed by atoms with Crippen molar-refractivity contribution in [3.8, 4) is 0 Å². The van der Waals surface area contributed by atoms with E-state index in [9.17, 15) is 18.0 Å². The second kappa shape index (κ2) is 6.09. The Morgan fingerprint density at radius 2 is 1.95 bits per heavy atom. The third-order valence-electron chi connectivity index (χ3n) is 3.64. The Kier molecular flexibility index (Phi) is 4.61. The highest BCUT2D eigenvalue weighted by molar-refractivity contribution is 6.33. The number of nitrogens with zero attached hydrogens (tertiary/aromatic N) is 1. The number of primary amides is 1. The van der Waals surface area contributed by atoms with E-state index in [1.54, 1.807) is 0 Å². The number of pyridine rings is 1. The number of nitrogens with one attached hydrogen (secondary N) is 1. The van der Waals surface area contributed by atoms with E-state index in [0.717, 1.165) is 12.3 Å². The number of aromatic nitrogens is 1. The van der Waals surface area contributed by atoms with E-state index < -0.39 is 11.7 Å². The molecule has 1 aliphatic carbocycles. The molecule has 0 aliphatic heterocycles. The minimum atomic E-state index is -4.46. The second-order valence-corrected chi connectivity index (χ2v) is 5.55. The molecule has 21 heavy (non-hydrogen) atoms. The van der Waals surface area contributed by atoms with Crippen molar-refractivity contribution in [2.75, 3.05) is 5.32 Å². The van der Waals surface area contributed by atoms with Crippen LogP contribution in [0.5, 0.6) is 0 Å². The second-order valence-electron chi connectivity index (χ2n) is 5.15. The fourth-order valence-electron chi connectivity index (χ4n) is 2.41. The van der Waals surface area contributed by atoms with Crippen molar-refractivity contribution in [1.29, 1.82) is 0 Å². The van der Waals surface area contributed by atoms with Gasteiger partial charge in [-0.05, 0) is 31.7 Å². The first-order valence-corrected chi connectivity index (χ1v) is 6.93. The Hall–Kier alpha value is -1.50. The number of hydrogen-bond acceptors (Lipinski definition) is 3. The molecule has 1 aliphatic rings. The lowest BCUT2D eigenvalue weighted by atomic mass is 9.85. The molecule has 0 atom stereocenters. The van der Waals surface area contributed by atoms with Gasteiger partial charge in [0.2, 0.25) is 5.91 Å². The van der Waals surface area contributed by atoms with Crippen molar-refractivity contribution in [3.05, 3.63) is 22.8 Å². The quantitative estimate of drug-likeness (QED) is 0.898. The maximum atomic E-state index is 12.5. The molecule has 4 nitrogen and oxygen atoms in total. The van der Waals surface area contributed by atoms with Crippen LogP contribution in [0, 0.1) is 5.92 Å². The lowest BCUT2D eigenvalue weighted by Crippen LogP contribution is -2.32. The molecule has 1 heterocycles. The smallest absolute Gasteiger partial charge is 0.369 e. The predicted molar refractivity (Wildman–Crippen MR) is 72.8 cm³/mol. The molecule has 3 N–H and O–H groups in total. The first-order chi connectivity index (χ1) is 9.77. The van der Waals surface area contributed by atoms with Crippen molar-refractivity contribution in [2.24, 2.45) is 11.7 Å². The number of carbonyl (C=O) groups excluding carboxylic acids is 1. The molecule has 1 aromatic rings. The largest absolute Gasteiger partial charge is 0.417 e. The summed E-state index contributed by atoms with van der Waals surface area (Å²) in [5, 5.41) is 2.96. The van der Waals surface area contributed by atoms with Gasteiger partial charge in [0.15, 0.2) is 0 Å². The van der Waals surface area contributed by atoms with Crippen LogP contribution in [-0.4, -0.2) is 16.9 Å². The van der Waals surface area contributed by atoms with Gasteiger partial charge in [0.25, 0.3) is 0 Å². The number of anilines is 1. The molecule has 1 aromatic heterocycles. The minimum absolute atomic E-state index is 0.0299. The molecule has 0 saturated heterocycles. The number of rotatable bonds is 3. The van der Waals surface area contributed by atoms with Crippen LogP contribution < -0.4 is 11.1 Å². The fraction of sp³-hybridized carbons (Fsp3) is 0.538. The summed E-state index contributed by atoms with van der Waals surface area (Å²) < 4.78 is 37.5. The molecule has 0 radical (unpaired) electrons. The normalized spacial score (nSPS) is 22.9. The van der Waals surface area contributed by atoms with Crippen molar-refractivity contribution in [2.45, 2.75) is 37.9 Å². The number of alkyl halides is 3. The van der Waals surface area contributed by atoms with Gasteiger partial charge in [-0.2, -0.15) is 13.2 Å². The topological polar surface area (TPSA) is 68.0 Å². The third-order valence-corrected chi connectivity index (χ3v) is 3.93. The van der Waals surface area contributed by atoms with Gasteiger partial charge in [-0.25, -0.2) is 4.98 Å². The van der Waals surface area contributed by atoms with Gasteiger partial charge >= 0.3 is 6.18 Å². The van der Waals surface area contributed by atoms with Gasteiger partial charge in [-0.15, -0.1) is 0 Å². The summed E-state index contributed by atoms with van der Waals surface area (Å²) in [5.74, 6) is -0.203. The molecule has 8 heteroatoms. The zero-order valence-corrected chi connectivity index (χ0v) is 11.8. The minimum Gasteiger partial charge on any atom is -0.369 e. The molecular weight excluding hydrogens is 307 g/mol. The molecule has 1 amide bonds. The van der Waals surface area contributed by atoms with E-state index in [1.165, 1.54) is 0 Å². The van der Waals surface area contributed by atoms with Crippen LogP contribution in [0.1, 0.15) is 31.2 Å². The molecule has 1 saturated carbocycles. The molecule has 0 aromatic carbocycles. The molecule has 0 bridgehead atoms. The summed E-state index contributed by atoms with van der Waals surface area (Å²) in [5.41, 5.74) is 4.37. The van der Waals surface area contributed by atoms with E-state index in [4.69, 9.17) is 17.3 Å². The number of halogens is 4.